The Morgan fingerprint density at radius 2 is 1.52 bits per heavy atom. The second-order valence-electron chi connectivity index (χ2n) is 10.8. The standard InChI is InChI=1S/C27H40N6O6S/c1-5-9-33-25-23(26(36)29(4)27(33)37)32(18-28-25)16-21(34)14-30-10-12-31(13-11-30)15-22(35)17-40(38,39)24-19(2)7-6-8-20(24)3/h6-8,18,21-22,34-35H,5,9-17H2,1-4H3. The minimum Gasteiger partial charge on any atom is -0.391 e. The van der Waals surface area contributed by atoms with Crippen LogP contribution in [-0.4, -0.2) is 104 Å². The average molecular weight is 577 g/mol. The van der Waals surface area contributed by atoms with Gasteiger partial charge >= 0.3 is 5.69 Å². The zero-order valence-corrected chi connectivity index (χ0v) is 24.5. The van der Waals surface area contributed by atoms with Crippen LogP contribution in [0.15, 0.2) is 39.0 Å². The third-order valence-corrected chi connectivity index (χ3v) is 9.58. The van der Waals surface area contributed by atoms with Crippen molar-refractivity contribution in [2.24, 2.45) is 7.05 Å². The van der Waals surface area contributed by atoms with Crippen LogP contribution in [0, 0.1) is 13.8 Å². The van der Waals surface area contributed by atoms with Crippen LogP contribution in [0.4, 0.5) is 0 Å². The maximum Gasteiger partial charge on any atom is 0.332 e. The molecule has 0 bridgehead atoms. The molecule has 13 heteroatoms. The summed E-state index contributed by atoms with van der Waals surface area (Å²) < 4.78 is 30.1. The van der Waals surface area contributed by atoms with Crippen LogP contribution in [0.1, 0.15) is 24.5 Å². The van der Waals surface area contributed by atoms with Gasteiger partial charge in [-0.05, 0) is 31.4 Å². The third kappa shape index (κ3) is 6.39. The predicted molar refractivity (Wildman–Crippen MR) is 152 cm³/mol. The summed E-state index contributed by atoms with van der Waals surface area (Å²) in [6.45, 7) is 9.27. The molecule has 0 radical (unpaired) electrons. The van der Waals surface area contributed by atoms with Gasteiger partial charge in [-0.2, -0.15) is 0 Å². The minimum atomic E-state index is -3.62. The molecule has 12 nitrogen and oxygen atoms in total. The van der Waals surface area contributed by atoms with Crippen molar-refractivity contribution in [3.05, 3.63) is 56.5 Å². The van der Waals surface area contributed by atoms with E-state index in [0.29, 0.717) is 72.9 Å². The molecule has 2 aromatic heterocycles. The highest BCUT2D eigenvalue weighted by Gasteiger charge is 2.27. The highest BCUT2D eigenvalue weighted by molar-refractivity contribution is 7.91. The molecule has 220 valence electrons. The van der Waals surface area contributed by atoms with E-state index < -0.39 is 33.3 Å². The molecule has 2 N–H and O–H groups in total. The summed E-state index contributed by atoms with van der Waals surface area (Å²) in [6, 6.07) is 5.35. The molecule has 2 atom stereocenters. The molecule has 0 amide bonds. The van der Waals surface area contributed by atoms with E-state index in [9.17, 15) is 28.2 Å². The number of sulfone groups is 1. The quantitative estimate of drug-likeness (QED) is 0.316. The lowest BCUT2D eigenvalue weighted by molar-refractivity contribution is 0.0486. The Hall–Kier alpha value is -2.84. The number of rotatable bonds is 11. The second kappa shape index (κ2) is 12.4. The number of piperazine rings is 1. The Balaban J connectivity index is 1.32. The first-order valence-electron chi connectivity index (χ1n) is 13.7. The van der Waals surface area contributed by atoms with Crippen LogP contribution in [0.2, 0.25) is 0 Å². The van der Waals surface area contributed by atoms with E-state index >= 15 is 0 Å². The summed E-state index contributed by atoms with van der Waals surface area (Å²) >= 11 is 0. The number of nitrogens with zero attached hydrogens (tertiary/aromatic N) is 6. The summed E-state index contributed by atoms with van der Waals surface area (Å²) in [5.74, 6) is -0.331. The van der Waals surface area contributed by atoms with Gasteiger partial charge in [0.05, 0.1) is 35.7 Å². The van der Waals surface area contributed by atoms with Gasteiger partial charge in [0.2, 0.25) is 0 Å². The van der Waals surface area contributed by atoms with Crippen molar-refractivity contribution in [3.8, 4) is 0 Å². The Morgan fingerprint density at radius 3 is 2.10 bits per heavy atom. The molecule has 0 aliphatic carbocycles. The number of hydrogen-bond acceptors (Lipinski definition) is 9. The highest BCUT2D eigenvalue weighted by atomic mass is 32.2. The first-order valence-corrected chi connectivity index (χ1v) is 15.3. The van der Waals surface area contributed by atoms with E-state index in [1.165, 1.54) is 17.9 Å². The molecular formula is C27H40N6O6S. The molecule has 0 spiro atoms. The van der Waals surface area contributed by atoms with Gasteiger partial charge in [0, 0.05) is 52.9 Å². The summed E-state index contributed by atoms with van der Waals surface area (Å²) in [5, 5.41) is 21.4. The number of imidazole rings is 1. The van der Waals surface area contributed by atoms with Crippen LogP contribution in [0.5, 0.6) is 0 Å². The van der Waals surface area contributed by atoms with Crippen molar-refractivity contribution in [1.82, 2.24) is 28.5 Å². The molecule has 1 aliphatic heterocycles. The van der Waals surface area contributed by atoms with Gasteiger partial charge in [-0.15, -0.1) is 0 Å². The normalized spacial score (nSPS) is 16.9. The Kier molecular flexibility index (Phi) is 9.30. The van der Waals surface area contributed by atoms with Crippen LogP contribution >= 0.6 is 0 Å². The number of fused-ring (bicyclic) bond motifs is 1. The Morgan fingerprint density at radius 1 is 0.950 bits per heavy atom. The van der Waals surface area contributed by atoms with E-state index in [1.807, 2.05) is 17.9 Å². The molecular weight excluding hydrogens is 536 g/mol. The maximum absolute atomic E-state index is 13.0. The first-order chi connectivity index (χ1) is 18.9. The van der Waals surface area contributed by atoms with Gasteiger partial charge in [-0.1, -0.05) is 25.1 Å². The number of aromatic nitrogens is 4. The zero-order valence-electron chi connectivity index (χ0n) is 23.7. The van der Waals surface area contributed by atoms with Gasteiger partial charge in [0.1, 0.15) is 0 Å². The topological polar surface area (TPSA) is 143 Å². The van der Waals surface area contributed by atoms with E-state index in [2.05, 4.69) is 9.88 Å². The number of hydrogen-bond donors (Lipinski definition) is 2. The fourth-order valence-corrected chi connectivity index (χ4v) is 7.48. The van der Waals surface area contributed by atoms with Crippen molar-refractivity contribution in [2.45, 2.75) is 57.4 Å². The fourth-order valence-electron chi connectivity index (χ4n) is 5.58. The van der Waals surface area contributed by atoms with Gasteiger partial charge in [-0.25, -0.2) is 18.2 Å². The minimum absolute atomic E-state index is 0.158. The molecule has 4 rings (SSSR count). The molecule has 1 aromatic carbocycles. The van der Waals surface area contributed by atoms with E-state index in [0.717, 1.165) is 4.57 Å². The lowest BCUT2D eigenvalue weighted by Crippen LogP contribution is -2.51. The molecule has 40 heavy (non-hydrogen) atoms. The molecule has 1 aliphatic rings. The van der Waals surface area contributed by atoms with E-state index in [-0.39, 0.29) is 18.8 Å². The largest absolute Gasteiger partial charge is 0.391 e. The summed E-state index contributed by atoms with van der Waals surface area (Å²) in [6.07, 6.45) is 0.428. The number of aliphatic hydroxyl groups is 2. The third-order valence-electron chi connectivity index (χ3n) is 7.49. The van der Waals surface area contributed by atoms with Crippen LogP contribution in [0.25, 0.3) is 11.2 Å². The smallest absolute Gasteiger partial charge is 0.332 e. The van der Waals surface area contributed by atoms with Crippen molar-refractivity contribution in [1.29, 1.82) is 0 Å². The molecule has 2 unspecified atom stereocenters. The number of aliphatic hydroxyl groups excluding tert-OH is 2. The molecule has 1 saturated heterocycles. The average Bonchev–Trinajstić information content (AvgIpc) is 3.29. The predicted octanol–water partition coefficient (Wildman–Crippen LogP) is -0.263. The van der Waals surface area contributed by atoms with Gasteiger partial charge < -0.3 is 14.8 Å². The first kappa shape index (κ1) is 30.1. The maximum atomic E-state index is 13.0. The zero-order chi connectivity index (χ0) is 29.2. The fraction of sp³-hybridized carbons (Fsp3) is 0.593. The summed E-state index contributed by atoms with van der Waals surface area (Å²) in [4.78, 5) is 34.1. The summed E-state index contributed by atoms with van der Waals surface area (Å²) in [7, 11) is -2.18. The van der Waals surface area contributed by atoms with Gasteiger partial charge in [0.25, 0.3) is 5.56 Å². The van der Waals surface area contributed by atoms with Crippen LogP contribution in [0.3, 0.4) is 0 Å². The number of β-amino-alcohol motifs (C(OH)–C–C–N with tert-alkyl or cyclic N) is 2. The number of aryl methyl sites for hydroxylation is 3. The van der Waals surface area contributed by atoms with Gasteiger partial charge in [-0.3, -0.25) is 23.7 Å². The van der Waals surface area contributed by atoms with E-state index in [1.54, 1.807) is 30.5 Å². The monoisotopic (exact) mass is 576 g/mol. The van der Waals surface area contributed by atoms with Crippen molar-refractivity contribution in [2.75, 3.05) is 45.0 Å². The lowest BCUT2D eigenvalue weighted by Gasteiger charge is -2.36. The Labute approximate surface area is 234 Å². The van der Waals surface area contributed by atoms with Crippen LogP contribution < -0.4 is 11.2 Å². The SMILES string of the molecule is CCCn1c(=O)n(C)c(=O)c2c1ncn2CC(O)CN1CCN(CC(O)CS(=O)(=O)c2c(C)cccc2C)CC1. The molecule has 1 fully saturated rings. The van der Waals surface area contributed by atoms with Crippen LogP contribution in [-0.2, 0) is 30.0 Å². The Bertz CT molecular complexity index is 1550. The number of benzene rings is 1. The van der Waals surface area contributed by atoms with Crippen molar-refractivity contribution in [3.63, 3.8) is 0 Å². The van der Waals surface area contributed by atoms with E-state index in [4.69, 9.17) is 0 Å². The lowest BCUT2D eigenvalue weighted by atomic mass is 10.2. The van der Waals surface area contributed by atoms with Crippen molar-refractivity contribution >= 4 is 21.0 Å². The molecule has 3 aromatic rings. The molecule has 3 heterocycles. The summed E-state index contributed by atoms with van der Waals surface area (Å²) in [5.41, 5.74) is 1.13. The van der Waals surface area contributed by atoms with Gasteiger partial charge in [0.15, 0.2) is 21.0 Å². The second-order valence-corrected chi connectivity index (χ2v) is 12.7. The van der Waals surface area contributed by atoms with Crippen molar-refractivity contribution < 1.29 is 18.6 Å². The molecule has 0 saturated carbocycles. The highest BCUT2D eigenvalue weighted by Crippen LogP contribution is 2.22.